The Kier molecular flexibility index (Phi) is 11.0. The molecule has 1 saturated heterocycles. The summed E-state index contributed by atoms with van der Waals surface area (Å²) >= 11 is 3.96. The van der Waals surface area contributed by atoms with Crippen molar-refractivity contribution in [1.82, 2.24) is 10.0 Å². The van der Waals surface area contributed by atoms with Crippen molar-refractivity contribution in [2.75, 3.05) is 0 Å². The molecular weight excluding hydrogens is 769 g/mol. The van der Waals surface area contributed by atoms with Gasteiger partial charge in [0, 0.05) is 0 Å². The van der Waals surface area contributed by atoms with E-state index in [4.69, 9.17) is 18.9 Å². The van der Waals surface area contributed by atoms with Crippen LogP contribution in [0.1, 0.15) is 52.7 Å². The normalized spacial score (nSPS) is 15.1. The van der Waals surface area contributed by atoms with Gasteiger partial charge in [-0.25, -0.2) is 19.6 Å². The van der Waals surface area contributed by atoms with Gasteiger partial charge in [-0.15, -0.1) is 0 Å². The van der Waals surface area contributed by atoms with Crippen LogP contribution < -0.4 is 9.47 Å². The Balaban J connectivity index is 1.50. The maximum Gasteiger partial charge on any atom is 0.514 e. The number of carbonyl (C=O) groups excluding carboxylic acids is 4. The summed E-state index contributed by atoms with van der Waals surface area (Å²) in [5.74, 6) is -1.11. The number of allylic oxidation sites excluding steroid dienone is 1. The standard InChI is InChI=1S/C38H32N4O8S4/c1-37(2,3)49-35(45)47-25-27-28(52-33(51-27)23(17-39)18-40)26(48-36(46)50-38(4,5)6)30-29(25)53-34(54-30)24-31(43)41(19-21-13-9-7-10-14-21)42(32(24)44)20-22-15-11-8-12-16-22/h7-16H,19-20H2,1-6H3. The van der Waals surface area contributed by atoms with Crippen LogP contribution in [0.25, 0.3) is 0 Å². The molecule has 3 aliphatic rings. The number of carbonyl (C=O) groups is 4. The highest BCUT2D eigenvalue weighted by molar-refractivity contribution is 8.26. The van der Waals surface area contributed by atoms with E-state index in [-0.39, 0.29) is 63.8 Å². The minimum absolute atomic E-state index is 0.0122. The van der Waals surface area contributed by atoms with Crippen LogP contribution in [-0.2, 0) is 32.2 Å². The van der Waals surface area contributed by atoms with E-state index in [9.17, 15) is 29.7 Å². The average molecular weight is 801 g/mol. The first-order valence-corrected chi connectivity index (χ1v) is 19.6. The Bertz CT molecular complexity index is 2070. The molecule has 0 aliphatic carbocycles. The molecule has 0 aromatic heterocycles. The highest BCUT2D eigenvalue weighted by atomic mass is 32.2. The molecule has 0 spiro atoms. The molecule has 0 saturated carbocycles. The first-order chi connectivity index (χ1) is 25.6. The number of nitriles is 2. The van der Waals surface area contributed by atoms with E-state index < -0.39 is 35.3 Å². The molecule has 54 heavy (non-hydrogen) atoms. The number of rotatable bonds is 6. The molecule has 0 N–H and O–H groups in total. The van der Waals surface area contributed by atoms with Crippen molar-refractivity contribution in [2.45, 2.75) is 85.4 Å². The number of nitrogens with zero attached hydrogens (tertiary/aromatic N) is 4. The van der Waals surface area contributed by atoms with E-state index in [1.165, 1.54) is 10.0 Å². The van der Waals surface area contributed by atoms with E-state index in [2.05, 4.69) is 0 Å². The first kappa shape index (κ1) is 38.7. The number of hydrogen-bond donors (Lipinski definition) is 0. The number of thioether (sulfide) groups is 4. The van der Waals surface area contributed by atoms with Crippen LogP contribution in [0.5, 0.6) is 11.5 Å². The van der Waals surface area contributed by atoms with Crippen LogP contribution in [-0.4, -0.2) is 45.3 Å². The van der Waals surface area contributed by atoms with Crippen molar-refractivity contribution < 1.29 is 38.1 Å². The van der Waals surface area contributed by atoms with E-state index in [1.807, 2.05) is 72.8 Å². The first-order valence-electron chi connectivity index (χ1n) is 16.3. The van der Waals surface area contributed by atoms with E-state index in [1.54, 1.807) is 41.5 Å². The third-order valence-electron chi connectivity index (χ3n) is 7.34. The summed E-state index contributed by atoms with van der Waals surface area (Å²) in [6.07, 6.45) is -2.08. The topological polar surface area (TPSA) is 159 Å². The van der Waals surface area contributed by atoms with Crippen LogP contribution in [0.2, 0.25) is 0 Å². The number of ether oxygens (including phenoxy) is 4. The Labute approximate surface area is 328 Å². The molecule has 2 amide bonds. The predicted octanol–water partition coefficient (Wildman–Crippen LogP) is 9.17. The molecular formula is C38H32N4O8S4. The molecule has 0 unspecified atom stereocenters. The third kappa shape index (κ3) is 8.37. The van der Waals surface area contributed by atoms with Gasteiger partial charge in [0.05, 0.1) is 41.1 Å². The minimum Gasteiger partial charge on any atom is -0.428 e. The number of benzene rings is 3. The maximum atomic E-state index is 14.4. The van der Waals surface area contributed by atoms with Gasteiger partial charge < -0.3 is 18.9 Å². The predicted molar refractivity (Wildman–Crippen MR) is 203 cm³/mol. The van der Waals surface area contributed by atoms with Gasteiger partial charge in [-0.2, -0.15) is 10.5 Å². The second-order valence-electron chi connectivity index (χ2n) is 13.8. The van der Waals surface area contributed by atoms with Gasteiger partial charge in [-0.3, -0.25) is 9.59 Å². The van der Waals surface area contributed by atoms with Crippen molar-refractivity contribution in [2.24, 2.45) is 0 Å². The maximum absolute atomic E-state index is 14.4. The molecule has 0 radical (unpaired) electrons. The van der Waals surface area contributed by atoms with Crippen molar-refractivity contribution in [3.05, 3.63) is 91.4 Å². The highest BCUT2D eigenvalue weighted by Gasteiger charge is 2.47. The summed E-state index contributed by atoms with van der Waals surface area (Å²) in [4.78, 5) is 56.2. The van der Waals surface area contributed by atoms with Crippen LogP contribution in [0.3, 0.4) is 0 Å². The van der Waals surface area contributed by atoms with Gasteiger partial charge in [0.2, 0.25) is 0 Å². The minimum atomic E-state index is -1.04. The van der Waals surface area contributed by atoms with Crippen LogP contribution >= 0.6 is 47.0 Å². The monoisotopic (exact) mass is 800 g/mol. The quantitative estimate of drug-likeness (QED) is 0.0763. The summed E-state index contributed by atoms with van der Waals surface area (Å²) in [5, 5.41) is 22.2. The van der Waals surface area contributed by atoms with E-state index >= 15 is 0 Å². The third-order valence-corrected chi connectivity index (χ3v) is 12.5. The Morgan fingerprint density at radius 1 is 0.630 bits per heavy atom. The van der Waals surface area contributed by atoms with Crippen LogP contribution in [0.15, 0.2) is 99.9 Å². The van der Waals surface area contributed by atoms with E-state index in [0.29, 0.717) is 0 Å². The Morgan fingerprint density at radius 2 is 1.00 bits per heavy atom. The highest BCUT2D eigenvalue weighted by Crippen LogP contribution is 2.68. The summed E-state index contributed by atoms with van der Waals surface area (Å²) in [5.41, 5.74) is -0.544. The molecule has 1 fully saturated rings. The fourth-order valence-corrected chi connectivity index (χ4v) is 10.5. The number of amides is 2. The zero-order valence-corrected chi connectivity index (χ0v) is 33.1. The SMILES string of the molecule is CC(C)(C)OC(=O)Oc1c2c(c(OC(=O)OC(C)(C)C)c3c1SC(=C1C(=O)N(Cc4ccccc4)N(Cc4ccccc4)C1=O)S3)SC(=C(C#N)C#N)S2. The lowest BCUT2D eigenvalue weighted by atomic mass is 10.2. The lowest BCUT2D eigenvalue weighted by molar-refractivity contribution is -0.149. The summed E-state index contributed by atoms with van der Waals surface area (Å²) < 4.78 is 23.2. The molecule has 0 atom stereocenters. The van der Waals surface area contributed by atoms with E-state index in [0.717, 1.165) is 58.2 Å². The van der Waals surface area contributed by atoms with Crippen LogP contribution in [0.4, 0.5) is 9.59 Å². The second-order valence-corrected chi connectivity index (χ2v) is 18.4. The van der Waals surface area contributed by atoms with Gasteiger partial charge >= 0.3 is 12.3 Å². The zero-order chi connectivity index (χ0) is 38.9. The van der Waals surface area contributed by atoms with Gasteiger partial charge in [-0.1, -0.05) is 108 Å². The molecule has 6 rings (SSSR count). The lowest BCUT2D eigenvalue weighted by Crippen LogP contribution is -2.39. The van der Waals surface area contributed by atoms with Gasteiger partial charge in [-0.05, 0) is 52.7 Å². The lowest BCUT2D eigenvalue weighted by Gasteiger charge is -2.27. The molecule has 3 aromatic rings. The second kappa shape index (κ2) is 15.4. The summed E-state index contributed by atoms with van der Waals surface area (Å²) in [7, 11) is 0. The number of fused-ring (bicyclic) bond motifs is 2. The Morgan fingerprint density at radius 3 is 1.35 bits per heavy atom. The molecule has 276 valence electrons. The van der Waals surface area contributed by atoms with Gasteiger partial charge in [0.1, 0.15) is 34.5 Å². The smallest absolute Gasteiger partial charge is 0.428 e. The van der Waals surface area contributed by atoms with Crippen LogP contribution in [0, 0.1) is 22.7 Å². The zero-order valence-electron chi connectivity index (χ0n) is 29.9. The van der Waals surface area contributed by atoms with Crippen molar-refractivity contribution in [3.63, 3.8) is 0 Å². The molecule has 12 nitrogen and oxygen atoms in total. The molecule has 3 heterocycles. The summed E-state index contributed by atoms with van der Waals surface area (Å²) in [6.45, 7) is 10.3. The molecule has 0 bridgehead atoms. The summed E-state index contributed by atoms with van der Waals surface area (Å²) in [6, 6.07) is 22.3. The molecule has 16 heteroatoms. The average Bonchev–Trinajstić information content (AvgIpc) is 3.78. The number of hydrazine groups is 1. The van der Waals surface area contributed by atoms with Crippen molar-refractivity contribution >= 4 is 71.2 Å². The van der Waals surface area contributed by atoms with Gasteiger partial charge in [0.15, 0.2) is 11.5 Å². The fourth-order valence-electron chi connectivity index (χ4n) is 5.19. The fraction of sp³-hybridized carbons (Fsp3) is 0.263. The molecule has 3 aliphatic heterocycles. The Hall–Kier alpha value is -5.00. The van der Waals surface area contributed by atoms with Gasteiger partial charge in [0.25, 0.3) is 11.8 Å². The number of hydrogen-bond acceptors (Lipinski definition) is 14. The van der Waals surface area contributed by atoms with Crippen molar-refractivity contribution in [3.8, 4) is 23.6 Å². The molecule has 3 aromatic carbocycles. The van der Waals surface area contributed by atoms with Crippen molar-refractivity contribution in [1.29, 1.82) is 10.5 Å². The largest absolute Gasteiger partial charge is 0.514 e.